The molecule has 0 heterocycles. The van der Waals surface area contributed by atoms with E-state index in [0.29, 0.717) is 24.0 Å². The Bertz CT molecular complexity index is 989. The van der Waals surface area contributed by atoms with Crippen molar-refractivity contribution in [1.82, 2.24) is 0 Å². The highest BCUT2D eigenvalue weighted by Gasteiger charge is 2.25. The van der Waals surface area contributed by atoms with E-state index in [1.54, 1.807) is 19.6 Å². The van der Waals surface area contributed by atoms with E-state index in [2.05, 4.69) is 62.9 Å². The number of aldehydes is 1. The maximum atomic E-state index is 9.41. The maximum absolute atomic E-state index is 9.41. The number of allylic oxidation sites excluding steroid dienone is 1. The monoisotopic (exact) mass is 564 g/mol. The van der Waals surface area contributed by atoms with Crippen LogP contribution in [0, 0.1) is 11.8 Å². The molecule has 1 N–H and O–H groups in total. The van der Waals surface area contributed by atoms with Crippen LogP contribution in [0.2, 0.25) is 0 Å². The van der Waals surface area contributed by atoms with Crippen LogP contribution in [0.15, 0.2) is 54.6 Å². The number of hydrogen-bond acceptors (Lipinski definition) is 4. The van der Waals surface area contributed by atoms with Crippen molar-refractivity contribution in [3.8, 4) is 11.1 Å². The van der Waals surface area contributed by atoms with Gasteiger partial charge in [0.25, 0.3) is 0 Å². The maximum Gasteiger partial charge on any atom is 0.145 e. The van der Waals surface area contributed by atoms with Gasteiger partial charge in [0.05, 0.1) is 0 Å². The summed E-state index contributed by atoms with van der Waals surface area (Å²) in [5, 5.41) is 8.93. The van der Waals surface area contributed by atoms with Crippen LogP contribution >= 0.6 is 0 Å². The van der Waals surface area contributed by atoms with Crippen LogP contribution in [0.5, 0.6) is 0 Å². The smallest absolute Gasteiger partial charge is 0.145 e. The Kier molecular flexibility index (Phi) is 17.5. The standard InChI is InChI=1S/C33H50O3.C4H6O/c1-4-7-26-8-14-31(15-9-26)33-17-16-32(25-29(33)5-2)30-12-10-27(11-13-30)24-28(18-22-35-3)19-23-36-21-6-20-34;1-4(2)3-5/h8-9,14-17,25,27-28,30,34H,4-7,10-13,18-24H2,1-3H3;3H,1H2,2H3. The number of carbonyl (C=O) groups excluding carboxylic acids is 1. The minimum atomic E-state index is 0.213. The summed E-state index contributed by atoms with van der Waals surface area (Å²) in [6.45, 7) is 12.0. The second kappa shape index (κ2) is 20.6. The molecule has 1 aliphatic carbocycles. The fourth-order valence-corrected chi connectivity index (χ4v) is 5.97. The highest BCUT2D eigenvalue weighted by molar-refractivity contribution is 5.70. The van der Waals surface area contributed by atoms with Crippen LogP contribution in [0.1, 0.15) is 101 Å². The van der Waals surface area contributed by atoms with Gasteiger partial charge in [0.2, 0.25) is 0 Å². The molecule has 0 bridgehead atoms. The predicted molar refractivity (Wildman–Crippen MR) is 173 cm³/mol. The number of rotatable bonds is 17. The molecule has 0 aliphatic heterocycles. The second-order valence-electron chi connectivity index (χ2n) is 11.8. The zero-order chi connectivity index (χ0) is 29.9. The van der Waals surface area contributed by atoms with E-state index in [9.17, 15) is 4.79 Å². The molecule has 2 aromatic carbocycles. The summed E-state index contributed by atoms with van der Waals surface area (Å²) in [6, 6.07) is 16.5. The van der Waals surface area contributed by atoms with E-state index in [4.69, 9.17) is 14.6 Å². The van der Waals surface area contributed by atoms with Crippen molar-refractivity contribution in [3.63, 3.8) is 0 Å². The van der Waals surface area contributed by atoms with Crippen LogP contribution in [0.3, 0.4) is 0 Å². The molecular formula is C37H56O4. The second-order valence-corrected chi connectivity index (χ2v) is 11.8. The Morgan fingerprint density at radius 1 is 1.02 bits per heavy atom. The van der Waals surface area contributed by atoms with Gasteiger partial charge in [-0.15, -0.1) is 0 Å². The molecule has 0 aromatic heterocycles. The summed E-state index contributed by atoms with van der Waals surface area (Å²) in [5.74, 6) is 2.20. The summed E-state index contributed by atoms with van der Waals surface area (Å²) >= 11 is 0. The van der Waals surface area contributed by atoms with Crippen molar-refractivity contribution in [2.75, 3.05) is 33.5 Å². The summed E-state index contributed by atoms with van der Waals surface area (Å²) in [5.41, 5.74) is 7.80. The van der Waals surface area contributed by atoms with Gasteiger partial charge in [0, 0.05) is 33.5 Å². The van der Waals surface area contributed by atoms with Gasteiger partial charge in [-0.1, -0.05) is 69.3 Å². The predicted octanol–water partition coefficient (Wildman–Crippen LogP) is 8.74. The quantitative estimate of drug-likeness (QED) is 0.119. The summed E-state index contributed by atoms with van der Waals surface area (Å²) < 4.78 is 11.1. The zero-order valence-corrected chi connectivity index (χ0v) is 26.3. The van der Waals surface area contributed by atoms with E-state index in [-0.39, 0.29) is 6.61 Å². The van der Waals surface area contributed by atoms with E-state index < -0.39 is 0 Å². The van der Waals surface area contributed by atoms with Gasteiger partial charge in [-0.2, -0.15) is 0 Å². The van der Waals surface area contributed by atoms with Gasteiger partial charge >= 0.3 is 0 Å². The molecule has 1 aliphatic rings. The number of benzene rings is 2. The Morgan fingerprint density at radius 2 is 1.71 bits per heavy atom. The largest absolute Gasteiger partial charge is 0.396 e. The van der Waals surface area contributed by atoms with E-state index in [1.807, 2.05) is 0 Å². The van der Waals surface area contributed by atoms with Crippen LogP contribution in [-0.4, -0.2) is 44.9 Å². The van der Waals surface area contributed by atoms with Crippen molar-refractivity contribution >= 4 is 6.29 Å². The molecule has 2 aromatic rings. The minimum absolute atomic E-state index is 0.213. The van der Waals surface area contributed by atoms with Crippen molar-refractivity contribution in [2.24, 2.45) is 11.8 Å². The Balaban J connectivity index is 0.00000108. The number of aliphatic hydroxyl groups excluding tert-OH is 1. The van der Waals surface area contributed by atoms with Crippen molar-refractivity contribution in [3.05, 3.63) is 71.3 Å². The van der Waals surface area contributed by atoms with Gasteiger partial charge < -0.3 is 14.6 Å². The number of carbonyl (C=O) groups is 1. The van der Waals surface area contributed by atoms with Gasteiger partial charge in [0.15, 0.2) is 0 Å². The van der Waals surface area contributed by atoms with Crippen molar-refractivity contribution in [1.29, 1.82) is 0 Å². The van der Waals surface area contributed by atoms with Gasteiger partial charge in [-0.3, -0.25) is 4.79 Å². The lowest BCUT2D eigenvalue weighted by Gasteiger charge is -2.31. The van der Waals surface area contributed by atoms with Gasteiger partial charge in [0.1, 0.15) is 6.29 Å². The Morgan fingerprint density at radius 3 is 2.29 bits per heavy atom. The molecule has 228 valence electrons. The average molecular weight is 565 g/mol. The lowest BCUT2D eigenvalue weighted by atomic mass is 9.74. The third kappa shape index (κ3) is 13.1. The average Bonchev–Trinajstić information content (AvgIpc) is 3.00. The SMILES string of the molecule is C=C(C)C=O.CCCc1ccc(-c2ccc(C3CCC(CC(CCOC)CCOCCCO)CC3)cc2CC)cc1. The molecule has 0 spiro atoms. The first-order valence-corrected chi connectivity index (χ1v) is 16.0. The summed E-state index contributed by atoms with van der Waals surface area (Å²) in [7, 11) is 1.80. The lowest BCUT2D eigenvalue weighted by molar-refractivity contribution is -0.104. The van der Waals surface area contributed by atoms with Crippen LogP contribution in [0.4, 0.5) is 0 Å². The number of aliphatic hydroxyl groups is 1. The number of methoxy groups -OCH3 is 1. The minimum Gasteiger partial charge on any atom is -0.396 e. The normalized spacial score (nSPS) is 17.4. The lowest BCUT2D eigenvalue weighted by Crippen LogP contribution is -2.19. The van der Waals surface area contributed by atoms with Crippen LogP contribution in [-0.2, 0) is 27.1 Å². The third-order valence-electron chi connectivity index (χ3n) is 8.35. The molecule has 0 saturated heterocycles. The van der Waals surface area contributed by atoms with Crippen LogP contribution < -0.4 is 0 Å². The van der Waals surface area contributed by atoms with Crippen molar-refractivity contribution < 1.29 is 19.4 Å². The molecule has 1 fully saturated rings. The third-order valence-corrected chi connectivity index (χ3v) is 8.35. The first-order valence-electron chi connectivity index (χ1n) is 16.0. The molecule has 1 unspecified atom stereocenters. The molecular weight excluding hydrogens is 508 g/mol. The number of ether oxygens (including phenoxy) is 2. The van der Waals surface area contributed by atoms with Gasteiger partial charge in [-0.25, -0.2) is 0 Å². The Hall–Kier alpha value is -2.27. The Labute approximate surface area is 250 Å². The molecule has 1 saturated carbocycles. The van der Waals surface area contributed by atoms with Crippen LogP contribution in [0.25, 0.3) is 11.1 Å². The topological polar surface area (TPSA) is 55.8 Å². The molecule has 3 rings (SSSR count). The fraction of sp³-hybridized carbons (Fsp3) is 0.595. The zero-order valence-electron chi connectivity index (χ0n) is 26.3. The van der Waals surface area contributed by atoms with E-state index in [0.717, 1.165) is 57.5 Å². The van der Waals surface area contributed by atoms with Gasteiger partial charge in [-0.05, 0) is 122 Å². The summed E-state index contributed by atoms with van der Waals surface area (Å²) in [4.78, 5) is 9.41. The molecule has 41 heavy (non-hydrogen) atoms. The number of aryl methyl sites for hydroxylation is 2. The first-order chi connectivity index (χ1) is 19.9. The molecule has 0 amide bonds. The molecule has 0 radical (unpaired) electrons. The highest BCUT2D eigenvalue weighted by Crippen LogP contribution is 2.40. The summed E-state index contributed by atoms with van der Waals surface area (Å²) in [6.07, 6.45) is 13.7. The van der Waals surface area contributed by atoms with E-state index in [1.165, 1.54) is 60.8 Å². The fourth-order valence-electron chi connectivity index (χ4n) is 5.97. The molecule has 4 nitrogen and oxygen atoms in total. The molecule has 4 heteroatoms. The molecule has 1 atom stereocenters. The highest BCUT2D eigenvalue weighted by atomic mass is 16.5. The van der Waals surface area contributed by atoms with Crippen molar-refractivity contribution in [2.45, 2.75) is 97.3 Å². The first kappa shape index (κ1) is 34.9. The number of hydrogen-bond donors (Lipinski definition) is 1. The van der Waals surface area contributed by atoms with E-state index >= 15 is 0 Å².